The first kappa shape index (κ1) is 19.5. The fraction of sp³-hybridized carbons (Fsp3) is 0.684. The van der Waals surface area contributed by atoms with Crippen molar-refractivity contribution < 1.29 is 19.9 Å². The van der Waals surface area contributed by atoms with Crippen molar-refractivity contribution in [2.75, 3.05) is 26.4 Å². The van der Waals surface area contributed by atoms with Gasteiger partial charge in [0.15, 0.2) is 0 Å². The smallest absolute Gasteiger partial charge is 0.126 e. The maximum atomic E-state index is 10.0. The number of ether oxygens (including phenoxy) is 2. The number of nitrogens with two attached hydrogens (primary N) is 1. The lowest BCUT2D eigenvalue weighted by Gasteiger charge is -2.20. The molecular weight excluding hydrogens is 326 g/mol. The van der Waals surface area contributed by atoms with Crippen molar-refractivity contribution in [2.45, 2.75) is 57.1 Å². The van der Waals surface area contributed by atoms with E-state index in [4.69, 9.17) is 21.1 Å². The quantitative estimate of drug-likeness (QED) is 0.669. The number of aliphatic hydroxyl groups is 1. The molecule has 1 fully saturated rings. The first-order chi connectivity index (χ1) is 11.7. The molecule has 1 atom stereocenters. The summed E-state index contributed by atoms with van der Waals surface area (Å²) in [6.45, 7) is 2.04. The van der Waals surface area contributed by atoms with Crippen LogP contribution in [0.15, 0.2) is 24.3 Å². The first-order valence-corrected chi connectivity index (χ1v) is 9.59. The van der Waals surface area contributed by atoms with E-state index in [9.17, 15) is 5.11 Å². The van der Waals surface area contributed by atoms with E-state index in [2.05, 4.69) is 5.32 Å². The van der Waals surface area contributed by atoms with Crippen LogP contribution < -0.4 is 10.1 Å². The Morgan fingerprint density at radius 2 is 1.71 bits per heavy atom. The zero-order valence-corrected chi connectivity index (χ0v) is 15.2. The second kappa shape index (κ2) is 11.7. The third kappa shape index (κ3) is 8.34. The molecule has 1 aromatic carbocycles. The molecule has 0 spiro atoms. The molecule has 0 radical (unpaired) electrons. The highest BCUT2D eigenvalue weighted by Gasteiger charge is 2.16. The molecule has 1 aliphatic carbocycles. The van der Waals surface area contributed by atoms with Crippen LogP contribution in [0.5, 0.6) is 5.75 Å². The Balaban J connectivity index is 1.49. The lowest BCUT2D eigenvalue weighted by Crippen LogP contribution is -2.92. The summed E-state index contributed by atoms with van der Waals surface area (Å²) in [4.78, 5) is 0. The zero-order valence-electron chi connectivity index (χ0n) is 14.5. The number of hydrogen-bond acceptors (Lipinski definition) is 3. The Labute approximate surface area is 150 Å². The molecule has 4 nitrogen and oxygen atoms in total. The Kier molecular flexibility index (Phi) is 9.51. The van der Waals surface area contributed by atoms with Gasteiger partial charge in [-0.1, -0.05) is 30.9 Å². The van der Waals surface area contributed by atoms with Crippen molar-refractivity contribution in [2.24, 2.45) is 0 Å². The van der Waals surface area contributed by atoms with Crippen LogP contribution in [0.4, 0.5) is 0 Å². The van der Waals surface area contributed by atoms with Crippen LogP contribution in [0.1, 0.15) is 44.9 Å². The van der Waals surface area contributed by atoms with Gasteiger partial charge in [-0.2, -0.15) is 0 Å². The summed E-state index contributed by atoms with van der Waals surface area (Å²) in [6.07, 6.45) is 8.93. The van der Waals surface area contributed by atoms with E-state index in [0.717, 1.165) is 12.3 Å². The van der Waals surface area contributed by atoms with E-state index in [0.29, 0.717) is 30.9 Å². The molecule has 1 aromatic rings. The number of aliphatic hydroxyl groups excluding tert-OH is 1. The molecule has 0 aromatic heterocycles. The van der Waals surface area contributed by atoms with Gasteiger partial charge in [0.05, 0.1) is 19.3 Å². The maximum Gasteiger partial charge on any atom is 0.126 e. The van der Waals surface area contributed by atoms with E-state index in [-0.39, 0.29) is 0 Å². The summed E-state index contributed by atoms with van der Waals surface area (Å²) in [5.74, 6) is 0.779. The summed E-state index contributed by atoms with van der Waals surface area (Å²) < 4.78 is 11.1. The predicted octanol–water partition coefficient (Wildman–Crippen LogP) is 2.77. The van der Waals surface area contributed by atoms with Crippen LogP contribution in [0.25, 0.3) is 0 Å². The highest BCUT2D eigenvalue weighted by molar-refractivity contribution is 6.30. The number of rotatable bonds is 9. The molecule has 3 N–H and O–H groups in total. The Bertz CT molecular complexity index is 433. The van der Waals surface area contributed by atoms with Crippen LogP contribution in [0, 0.1) is 0 Å². The molecule has 0 amide bonds. The molecule has 0 bridgehead atoms. The van der Waals surface area contributed by atoms with Gasteiger partial charge in [-0.05, 0) is 49.9 Å². The van der Waals surface area contributed by atoms with Gasteiger partial charge in [0.2, 0.25) is 0 Å². The molecular formula is C19H31ClNO3+. The molecule has 24 heavy (non-hydrogen) atoms. The minimum Gasteiger partial charge on any atom is -0.491 e. The Hall–Kier alpha value is -0.810. The first-order valence-electron chi connectivity index (χ1n) is 9.21. The van der Waals surface area contributed by atoms with Gasteiger partial charge in [-0.15, -0.1) is 0 Å². The van der Waals surface area contributed by atoms with Crippen LogP contribution in [-0.4, -0.2) is 43.6 Å². The van der Waals surface area contributed by atoms with Gasteiger partial charge in [0.1, 0.15) is 25.0 Å². The largest absolute Gasteiger partial charge is 0.491 e. The van der Waals surface area contributed by atoms with Gasteiger partial charge in [-0.25, -0.2) is 0 Å². The van der Waals surface area contributed by atoms with E-state index >= 15 is 0 Å². The molecule has 1 saturated carbocycles. The molecule has 0 saturated heterocycles. The van der Waals surface area contributed by atoms with Crippen LogP contribution in [-0.2, 0) is 4.74 Å². The molecule has 0 heterocycles. The van der Waals surface area contributed by atoms with E-state index in [1.54, 1.807) is 12.1 Å². The van der Waals surface area contributed by atoms with Gasteiger partial charge in [0, 0.05) is 5.02 Å². The molecule has 0 unspecified atom stereocenters. The zero-order chi connectivity index (χ0) is 17.0. The van der Waals surface area contributed by atoms with Crippen molar-refractivity contribution in [3.8, 4) is 5.75 Å². The van der Waals surface area contributed by atoms with E-state index in [1.165, 1.54) is 44.9 Å². The summed E-state index contributed by atoms with van der Waals surface area (Å²) >= 11 is 5.82. The molecule has 1 aliphatic rings. The Morgan fingerprint density at radius 1 is 1.04 bits per heavy atom. The number of halogens is 1. The average Bonchev–Trinajstić information content (AvgIpc) is 2.55. The summed E-state index contributed by atoms with van der Waals surface area (Å²) in [5.41, 5.74) is 0. The minimum absolute atomic E-state index is 0.368. The highest BCUT2D eigenvalue weighted by atomic mass is 35.5. The third-order valence-electron chi connectivity index (χ3n) is 4.51. The molecule has 136 valence electrons. The predicted molar refractivity (Wildman–Crippen MR) is 96.7 cm³/mol. The van der Waals surface area contributed by atoms with Crippen molar-refractivity contribution in [1.82, 2.24) is 0 Å². The van der Waals surface area contributed by atoms with Gasteiger partial charge >= 0.3 is 0 Å². The van der Waals surface area contributed by atoms with Crippen molar-refractivity contribution in [3.63, 3.8) is 0 Å². The standard InChI is InChI=1S/C19H30ClNO3/c20-16-8-10-19(11-9-16)24-13-12-23-15-18(22)14-21-17-6-4-2-1-3-5-7-17/h8-11,17-18,21-22H,1-7,12-15H2/p+1/t18-/m0/s1. The number of hydrogen-bond donors (Lipinski definition) is 2. The van der Waals surface area contributed by atoms with Gasteiger partial charge < -0.3 is 19.9 Å². The second-order valence-corrected chi connectivity index (χ2v) is 7.04. The summed E-state index contributed by atoms with van der Waals surface area (Å²) in [7, 11) is 0. The van der Waals surface area contributed by atoms with Crippen molar-refractivity contribution in [1.29, 1.82) is 0 Å². The lowest BCUT2D eigenvalue weighted by atomic mass is 9.97. The van der Waals surface area contributed by atoms with Gasteiger partial charge in [-0.3, -0.25) is 0 Å². The second-order valence-electron chi connectivity index (χ2n) is 6.61. The lowest BCUT2D eigenvalue weighted by molar-refractivity contribution is -0.696. The van der Waals surface area contributed by atoms with Crippen molar-refractivity contribution in [3.05, 3.63) is 29.3 Å². The van der Waals surface area contributed by atoms with E-state index in [1.807, 2.05) is 12.1 Å². The molecule has 5 heteroatoms. The Morgan fingerprint density at radius 3 is 2.42 bits per heavy atom. The molecule has 2 rings (SSSR count). The average molecular weight is 357 g/mol. The summed E-state index contributed by atoms with van der Waals surface area (Å²) in [6, 6.07) is 7.94. The maximum absolute atomic E-state index is 10.0. The molecule has 0 aliphatic heterocycles. The fourth-order valence-corrected chi connectivity index (χ4v) is 3.24. The van der Waals surface area contributed by atoms with E-state index < -0.39 is 6.10 Å². The fourth-order valence-electron chi connectivity index (χ4n) is 3.11. The van der Waals surface area contributed by atoms with Gasteiger partial charge in [0.25, 0.3) is 0 Å². The number of benzene rings is 1. The number of quaternary nitrogens is 1. The van der Waals surface area contributed by atoms with Crippen LogP contribution in [0.2, 0.25) is 5.02 Å². The van der Waals surface area contributed by atoms with Crippen molar-refractivity contribution >= 4 is 11.6 Å². The highest BCUT2D eigenvalue weighted by Crippen LogP contribution is 2.15. The topological polar surface area (TPSA) is 55.3 Å². The van der Waals surface area contributed by atoms with Crippen LogP contribution >= 0.6 is 11.6 Å². The normalized spacial score (nSPS) is 17.9. The monoisotopic (exact) mass is 356 g/mol. The third-order valence-corrected chi connectivity index (χ3v) is 4.76. The van der Waals surface area contributed by atoms with Crippen LogP contribution in [0.3, 0.4) is 0 Å². The SMILES string of the molecule is O[C@@H](C[NH2+]C1CCCCCCC1)COCCOc1ccc(Cl)cc1. The minimum atomic E-state index is -0.411. The summed E-state index contributed by atoms with van der Waals surface area (Å²) in [5, 5.41) is 13.0.